The molecule has 0 amide bonds. The summed E-state index contributed by atoms with van der Waals surface area (Å²) >= 11 is 0. The third kappa shape index (κ3) is 3.68. The second-order valence-electron chi connectivity index (χ2n) is 12.0. The number of aliphatic hydroxyl groups excluding tert-OH is 1. The zero-order valence-electron chi connectivity index (χ0n) is 19.8. The number of aliphatic hydroxyl groups is 1. The van der Waals surface area contributed by atoms with Gasteiger partial charge in [-0.3, -0.25) is 0 Å². The number of rotatable bonds is 5. The molecule has 0 aromatic rings. The van der Waals surface area contributed by atoms with E-state index < -0.39 is 0 Å². The van der Waals surface area contributed by atoms with Crippen molar-refractivity contribution in [3.63, 3.8) is 0 Å². The lowest BCUT2D eigenvalue weighted by Gasteiger charge is -2.58. The van der Waals surface area contributed by atoms with Crippen molar-refractivity contribution < 1.29 is 5.11 Å². The molecule has 0 heterocycles. The third-order valence-corrected chi connectivity index (χ3v) is 10.4. The fraction of sp³-hybridized carbons (Fsp3) is 0.857. The van der Waals surface area contributed by atoms with E-state index in [0.29, 0.717) is 10.8 Å². The number of allylic oxidation sites excluding steroid dienone is 3. The zero-order valence-corrected chi connectivity index (χ0v) is 19.8. The summed E-state index contributed by atoms with van der Waals surface area (Å²) in [5, 5.41) is 10.2. The van der Waals surface area contributed by atoms with Crippen LogP contribution in [0.3, 0.4) is 0 Å². The van der Waals surface area contributed by atoms with Crippen molar-refractivity contribution in [3.8, 4) is 0 Å². The molecule has 4 rings (SSSR count). The quantitative estimate of drug-likeness (QED) is 0.474. The van der Waals surface area contributed by atoms with Crippen LogP contribution in [-0.2, 0) is 0 Å². The van der Waals surface area contributed by atoms with Crippen LogP contribution >= 0.6 is 0 Å². The van der Waals surface area contributed by atoms with Gasteiger partial charge in [0, 0.05) is 0 Å². The molecule has 0 bridgehead atoms. The zero-order chi connectivity index (χ0) is 20.8. The van der Waals surface area contributed by atoms with Gasteiger partial charge in [-0.25, -0.2) is 0 Å². The molecular weight excluding hydrogens is 352 g/mol. The van der Waals surface area contributed by atoms with Gasteiger partial charge in [-0.15, -0.1) is 0 Å². The number of hydrogen-bond acceptors (Lipinski definition) is 1. The van der Waals surface area contributed by atoms with Crippen LogP contribution in [0.25, 0.3) is 0 Å². The minimum Gasteiger partial charge on any atom is -0.393 e. The Morgan fingerprint density at radius 2 is 1.90 bits per heavy atom. The van der Waals surface area contributed by atoms with Crippen molar-refractivity contribution in [2.75, 3.05) is 0 Å². The van der Waals surface area contributed by atoms with Crippen LogP contribution in [0.5, 0.6) is 0 Å². The van der Waals surface area contributed by atoms with Crippen LogP contribution in [0.4, 0.5) is 0 Å². The lowest BCUT2D eigenvalue weighted by atomic mass is 9.47. The highest BCUT2D eigenvalue weighted by molar-refractivity contribution is 5.25. The monoisotopic (exact) mass is 398 g/mol. The molecule has 3 saturated carbocycles. The van der Waals surface area contributed by atoms with E-state index in [0.717, 1.165) is 48.3 Å². The second-order valence-corrected chi connectivity index (χ2v) is 12.0. The van der Waals surface area contributed by atoms with E-state index in [1.807, 2.05) is 0 Å². The predicted molar refractivity (Wildman–Crippen MR) is 124 cm³/mol. The van der Waals surface area contributed by atoms with Gasteiger partial charge in [-0.2, -0.15) is 0 Å². The van der Waals surface area contributed by atoms with Crippen LogP contribution in [0.1, 0.15) is 98.8 Å². The lowest BCUT2D eigenvalue weighted by molar-refractivity contribution is -0.0492. The van der Waals surface area contributed by atoms with Gasteiger partial charge >= 0.3 is 0 Å². The Balaban J connectivity index is 1.48. The predicted octanol–water partition coefficient (Wildman–Crippen LogP) is 7.55. The van der Waals surface area contributed by atoms with Crippen molar-refractivity contribution in [1.82, 2.24) is 0 Å². The first-order valence-corrected chi connectivity index (χ1v) is 12.8. The molecule has 8 atom stereocenters. The lowest BCUT2D eigenvalue weighted by Crippen LogP contribution is -2.50. The molecule has 4 aliphatic carbocycles. The molecule has 0 aliphatic heterocycles. The van der Waals surface area contributed by atoms with Crippen molar-refractivity contribution >= 4 is 0 Å². The summed E-state index contributed by atoms with van der Waals surface area (Å²) in [5.74, 6) is 5.09. The summed E-state index contributed by atoms with van der Waals surface area (Å²) in [6, 6.07) is 0. The van der Waals surface area contributed by atoms with E-state index in [1.54, 1.807) is 5.57 Å². The molecule has 1 heteroatoms. The Morgan fingerprint density at radius 1 is 1.10 bits per heavy atom. The first kappa shape index (κ1) is 21.7. The molecule has 164 valence electrons. The third-order valence-electron chi connectivity index (χ3n) is 10.4. The molecule has 1 N–H and O–H groups in total. The minimum atomic E-state index is -0.0832. The van der Waals surface area contributed by atoms with Gasteiger partial charge in [0.25, 0.3) is 0 Å². The van der Waals surface area contributed by atoms with Crippen molar-refractivity contribution in [2.45, 2.75) is 105 Å². The topological polar surface area (TPSA) is 20.2 Å². The van der Waals surface area contributed by atoms with Gasteiger partial charge in [0.15, 0.2) is 0 Å². The fourth-order valence-electron chi connectivity index (χ4n) is 8.39. The molecule has 1 nitrogen and oxygen atoms in total. The van der Waals surface area contributed by atoms with E-state index in [1.165, 1.54) is 51.4 Å². The summed E-state index contributed by atoms with van der Waals surface area (Å²) in [7, 11) is 0. The van der Waals surface area contributed by atoms with E-state index >= 15 is 0 Å². The molecule has 0 saturated heterocycles. The Kier molecular flexibility index (Phi) is 6.11. The maximum absolute atomic E-state index is 10.2. The minimum absolute atomic E-state index is 0.0832. The Bertz CT molecular complexity index is 645. The van der Waals surface area contributed by atoms with E-state index in [2.05, 4.69) is 52.8 Å². The molecule has 0 aromatic heterocycles. The maximum atomic E-state index is 10.2. The maximum Gasteiger partial charge on any atom is 0.0577 e. The highest BCUT2D eigenvalue weighted by Gasteiger charge is 2.58. The normalized spacial score (nSPS) is 45.6. The van der Waals surface area contributed by atoms with Gasteiger partial charge in [0.05, 0.1) is 6.10 Å². The largest absolute Gasteiger partial charge is 0.393 e. The Labute approximate surface area is 180 Å². The highest BCUT2D eigenvalue weighted by atomic mass is 16.3. The molecule has 0 radical (unpaired) electrons. The van der Waals surface area contributed by atoms with Gasteiger partial charge in [-0.1, -0.05) is 58.4 Å². The Hall–Kier alpha value is -0.560. The van der Waals surface area contributed by atoms with Gasteiger partial charge in [0.1, 0.15) is 0 Å². The van der Waals surface area contributed by atoms with Crippen molar-refractivity contribution in [2.24, 2.45) is 46.3 Å². The molecule has 8 unspecified atom stereocenters. The second kappa shape index (κ2) is 8.18. The number of hydrogen-bond donors (Lipinski definition) is 1. The summed E-state index contributed by atoms with van der Waals surface area (Å²) in [6.07, 6.45) is 20.4. The fourth-order valence-corrected chi connectivity index (χ4v) is 8.39. The molecule has 0 aromatic carbocycles. The average molecular weight is 399 g/mol. The first-order chi connectivity index (χ1) is 13.8. The molecule has 29 heavy (non-hydrogen) atoms. The van der Waals surface area contributed by atoms with Crippen LogP contribution in [0.2, 0.25) is 0 Å². The molecule has 3 fully saturated rings. The van der Waals surface area contributed by atoms with Crippen LogP contribution in [0, 0.1) is 46.3 Å². The molecule has 0 spiro atoms. The van der Waals surface area contributed by atoms with E-state index in [-0.39, 0.29) is 6.10 Å². The molecular formula is C28H46O. The van der Waals surface area contributed by atoms with Gasteiger partial charge in [0.2, 0.25) is 0 Å². The van der Waals surface area contributed by atoms with Crippen LogP contribution < -0.4 is 0 Å². The van der Waals surface area contributed by atoms with E-state index in [4.69, 9.17) is 0 Å². The average Bonchev–Trinajstić information content (AvgIpc) is 3.02. The number of fused-ring (bicyclic) bond motifs is 5. The van der Waals surface area contributed by atoms with Gasteiger partial charge < -0.3 is 5.11 Å². The van der Waals surface area contributed by atoms with Crippen LogP contribution in [0.15, 0.2) is 23.8 Å². The Morgan fingerprint density at radius 3 is 2.62 bits per heavy atom. The summed E-state index contributed by atoms with van der Waals surface area (Å²) in [4.78, 5) is 0. The summed E-state index contributed by atoms with van der Waals surface area (Å²) < 4.78 is 0. The first-order valence-electron chi connectivity index (χ1n) is 12.8. The standard InChI is InChI=1S/C28H46O/c1-6-20(19(2)3)8-7-9-21-11-13-25-24-12-10-22-18-23(29)14-16-28(22,5)26(24)15-17-27(21,25)4/h7-8,10,19-21,23-26,29H,6,9,11-18H2,1-5H3. The van der Waals surface area contributed by atoms with Crippen molar-refractivity contribution in [3.05, 3.63) is 23.8 Å². The summed E-state index contributed by atoms with van der Waals surface area (Å²) in [6.45, 7) is 12.3. The summed E-state index contributed by atoms with van der Waals surface area (Å²) in [5.41, 5.74) is 2.55. The van der Waals surface area contributed by atoms with Crippen LogP contribution in [-0.4, -0.2) is 11.2 Å². The SMILES string of the molecule is CCC(C=CCC1CCC2C3CC=C4CC(O)CCC4(C)C3CCC12C)C(C)C. The smallest absolute Gasteiger partial charge is 0.0577 e. The van der Waals surface area contributed by atoms with Gasteiger partial charge in [-0.05, 0) is 111 Å². The highest BCUT2D eigenvalue weighted by Crippen LogP contribution is 2.66. The molecule has 4 aliphatic rings. The van der Waals surface area contributed by atoms with Crippen molar-refractivity contribution in [1.29, 1.82) is 0 Å². The van der Waals surface area contributed by atoms with E-state index in [9.17, 15) is 5.11 Å².